The molecule has 4 aromatic rings. The second-order valence-electron chi connectivity index (χ2n) is 11.4. The van der Waals surface area contributed by atoms with Crippen LogP contribution in [0.3, 0.4) is 0 Å². The van der Waals surface area contributed by atoms with Gasteiger partial charge in [0.05, 0.1) is 13.2 Å². The van der Waals surface area contributed by atoms with Crippen LogP contribution in [0.2, 0.25) is 0 Å². The van der Waals surface area contributed by atoms with Crippen LogP contribution in [-0.4, -0.2) is 45.0 Å². The number of fused-ring (bicyclic) bond motifs is 10. The van der Waals surface area contributed by atoms with E-state index in [4.69, 9.17) is 28.4 Å². The fourth-order valence-corrected chi connectivity index (χ4v) is 7.00. The third-order valence-electron chi connectivity index (χ3n) is 9.18. The molecule has 0 saturated carbocycles. The number of benzene rings is 4. The minimum atomic E-state index is -0.795. The average molecular weight is 591 g/mol. The molecular weight excluding hydrogens is 564 g/mol. The number of amides is 2. The zero-order chi connectivity index (χ0) is 29.5. The molecule has 6 aliphatic rings. The summed E-state index contributed by atoms with van der Waals surface area (Å²) in [7, 11) is 0. The monoisotopic (exact) mass is 590 g/mol. The maximum absolute atomic E-state index is 12.8. The van der Waals surface area contributed by atoms with Crippen LogP contribution in [0.1, 0.15) is 28.7 Å². The van der Waals surface area contributed by atoms with Gasteiger partial charge in [-0.25, -0.2) is 0 Å². The lowest BCUT2D eigenvalue weighted by Gasteiger charge is -2.20. The minimum absolute atomic E-state index is 0.0491. The Morgan fingerprint density at radius 3 is 1.50 bits per heavy atom. The van der Waals surface area contributed by atoms with Crippen molar-refractivity contribution in [2.45, 2.75) is 17.3 Å². The highest BCUT2D eigenvalue weighted by Crippen LogP contribution is 2.54. The van der Waals surface area contributed by atoms with Crippen LogP contribution >= 0.6 is 0 Å². The molecule has 0 aromatic heterocycles. The molecule has 2 spiro atoms. The maximum Gasteiger partial charge on any atom is 0.243 e. The Morgan fingerprint density at radius 2 is 0.955 bits per heavy atom. The predicted octanol–water partition coefficient (Wildman–Crippen LogP) is 4.52. The summed E-state index contributed by atoms with van der Waals surface area (Å²) in [5.74, 6) is 3.97. The van der Waals surface area contributed by atoms with Crippen LogP contribution in [0.5, 0.6) is 34.5 Å². The number of hydrogen-bond acceptors (Lipinski definition) is 8. The molecule has 44 heavy (non-hydrogen) atoms. The fourth-order valence-electron chi connectivity index (χ4n) is 7.00. The molecule has 0 radical (unpaired) electrons. The Bertz CT molecular complexity index is 1910. The molecule has 0 aliphatic carbocycles. The van der Waals surface area contributed by atoms with Crippen molar-refractivity contribution in [2.75, 3.05) is 43.9 Å². The number of ether oxygens (including phenoxy) is 6. The van der Waals surface area contributed by atoms with Gasteiger partial charge in [-0.05, 0) is 35.4 Å². The predicted molar refractivity (Wildman–Crippen MR) is 157 cm³/mol. The summed E-state index contributed by atoms with van der Waals surface area (Å²) in [5, 5.41) is 5.92. The van der Waals surface area contributed by atoms with Crippen molar-refractivity contribution in [1.82, 2.24) is 0 Å². The highest BCUT2D eigenvalue weighted by atomic mass is 16.7. The molecule has 10 heteroatoms. The lowest BCUT2D eigenvalue weighted by atomic mass is 9.77. The number of hydrogen-bond donors (Lipinski definition) is 2. The first-order chi connectivity index (χ1) is 21.6. The highest BCUT2D eigenvalue weighted by molar-refractivity contribution is 6.10. The van der Waals surface area contributed by atoms with Crippen LogP contribution in [0.4, 0.5) is 11.4 Å². The summed E-state index contributed by atoms with van der Waals surface area (Å²) in [6.45, 7) is 2.04. The third-order valence-corrected chi connectivity index (χ3v) is 9.18. The molecule has 4 aromatic carbocycles. The van der Waals surface area contributed by atoms with Gasteiger partial charge in [-0.3, -0.25) is 9.59 Å². The Morgan fingerprint density at radius 1 is 0.500 bits per heavy atom. The smallest absolute Gasteiger partial charge is 0.243 e. The first-order valence-corrected chi connectivity index (χ1v) is 14.5. The number of nitrogens with one attached hydrogen (secondary N) is 2. The van der Waals surface area contributed by atoms with Gasteiger partial charge in [0.15, 0.2) is 23.0 Å². The standard InChI is InChI=1S/C18H15NO4.C16H11NO4/c20-17-18(11-4-1-2-5-13(11)19-17)10-23-14-9-16-15(8-12(14)18)21-6-3-7-22-16;18-15-16(9-3-1-2-4-11(9)17-15)7-19-12-6-14-13(5-10(12)16)20-8-21-14/h1-2,4-5,8-9H,3,6-7,10H2,(H,19,20);1-6H,7-8H2,(H,17,18). The Labute approximate surface area is 251 Å². The van der Waals surface area contributed by atoms with Gasteiger partial charge in [0, 0.05) is 41.1 Å². The van der Waals surface area contributed by atoms with E-state index in [1.165, 1.54) is 0 Å². The molecule has 2 atom stereocenters. The minimum Gasteiger partial charge on any atom is -0.491 e. The van der Waals surface area contributed by atoms with Crippen LogP contribution in [0.25, 0.3) is 0 Å². The van der Waals surface area contributed by atoms with Crippen LogP contribution in [-0.2, 0) is 20.4 Å². The van der Waals surface area contributed by atoms with Crippen LogP contribution < -0.4 is 39.1 Å². The summed E-state index contributed by atoms with van der Waals surface area (Å²) in [6, 6.07) is 22.9. The second-order valence-corrected chi connectivity index (χ2v) is 11.4. The van der Waals surface area contributed by atoms with Crippen molar-refractivity contribution in [3.05, 3.63) is 95.1 Å². The van der Waals surface area contributed by atoms with Crippen molar-refractivity contribution in [3.63, 3.8) is 0 Å². The number of carbonyl (C=O) groups excluding carboxylic acids is 2. The molecule has 220 valence electrons. The van der Waals surface area contributed by atoms with Gasteiger partial charge >= 0.3 is 0 Å². The van der Waals surface area contributed by atoms with Gasteiger partial charge in [-0.15, -0.1) is 0 Å². The van der Waals surface area contributed by atoms with Gasteiger partial charge in [0.1, 0.15) is 35.5 Å². The van der Waals surface area contributed by atoms with Gasteiger partial charge in [0.2, 0.25) is 18.6 Å². The second kappa shape index (κ2) is 9.06. The van der Waals surface area contributed by atoms with Crippen molar-refractivity contribution < 1.29 is 38.0 Å². The van der Waals surface area contributed by atoms with E-state index in [0.29, 0.717) is 60.9 Å². The molecule has 0 bridgehead atoms. The normalized spacial score (nSPS) is 23.7. The van der Waals surface area contributed by atoms with E-state index in [2.05, 4.69) is 10.6 Å². The molecule has 2 N–H and O–H groups in total. The summed E-state index contributed by atoms with van der Waals surface area (Å²) in [5.41, 5.74) is 3.71. The maximum atomic E-state index is 12.8. The Hall–Kier alpha value is -5.38. The van der Waals surface area contributed by atoms with Crippen LogP contribution in [0.15, 0.2) is 72.8 Å². The molecule has 10 nitrogen and oxygen atoms in total. The summed E-state index contributed by atoms with van der Waals surface area (Å²) >= 11 is 0. The van der Waals surface area contributed by atoms with E-state index >= 15 is 0 Å². The quantitative estimate of drug-likeness (QED) is 0.307. The van der Waals surface area contributed by atoms with Crippen molar-refractivity contribution in [3.8, 4) is 34.5 Å². The lowest BCUT2D eigenvalue weighted by molar-refractivity contribution is -0.120. The zero-order valence-electron chi connectivity index (χ0n) is 23.4. The van der Waals surface area contributed by atoms with Crippen molar-refractivity contribution >= 4 is 23.2 Å². The highest BCUT2D eigenvalue weighted by Gasteiger charge is 2.55. The summed E-state index contributed by atoms with van der Waals surface area (Å²) in [4.78, 5) is 25.4. The molecule has 0 fully saturated rings. The first kappa shape index (κ1) is 25.1. The van der Waals surface area contributed by atoms with Gasteiger partial charge in [-0.2, -0.15) is 0 Å². The topological polar surface area (TPSA) is 114 Å². The van der Waals surface area contributed by atoms with Crippen molar-refractivity contribution in [2.24, 2.45) is 0 Å². The first-order valence-electron chi connectivity index (χ1n) is 14.5. The van der Waals surface area contributed by atoms with Gasteiger partial charge in [-0.1, -0.05) is 36.4 Å². The van der Waals surface area contributed by atoms with E-state index in [9.17, 15) is 9.59 Å². The molecule has 2 unspecified atom stereocenters. The molecule has 6 heterocycles. The number of para-hydroxylation sites is 2. The summed E-state index contributed by atoms with van der Waals surface area (Å²) < 4.78 is 34.0. The average Bonchev–Trinajstić information content (AvgIpc) is 3.82. The van der Waals surface area contributed by atoms with E-state index < -0.39 is 10.8 Å². The van der Waals surface area contributed by atoms with Crippen LogP contribution in [0, 0.1) is 0 Å². The number of carbonyl (C=O) groups is 2. The van der Waals surface area contributed by atoms with E-state index in [1.54, 1.807) is 6.07 Å². The molecule has 6 aliphatic heterocycles. The van der Waals surface area contributed by atoms with Gasteiger partial charge in [0.25, 0.3) is 0 Å². The Balaban J connectivity index is 0.000000123. The number of anilines is 2. The molecular formula is C34H26N2O8. The number of rotatable bonds is 0. The van der Waals surface area contributed by atoms with E-state index in [-0.39, 0.29) is 18.6 Å². The SMILES string of the molecule is O=C1Nc2ccccc2C12COc1cc3c(cc12)OCCCO3.O=C1Nc2ccccc2C12COc1cc3c(cc12)OCO3. The molecule has 0 saturated heterocycles. The van der Waals surface area contributed by atoms with Gasteiger partial charge < -0.3 is 39.1 Å². The third kappa shape index (κ3) is 3.30. The van der Waals surface area contributed by atoms with E-state index in [0.717, 1.165) is 40.0 Å². The zero-order valence-corrected chi connectivity index (χ0v) is 23.4. The summed E-state index contributed by atoms with van der Waals surface area (Å²) in [6.07, 6.45) is 0.842. The molecule has 10 rings (SSSR count). The van der Waals surface area contributed by atoms with E-state index in [1.807, 2.05) is 66.7 Å². The fraction of sp³-hybridized carbons (Fsp3) is 0.235. The lowest BCUT2D eigenvalue weighted by Crippen LogP contribution is -2.37. The molecule has 2 amide bonds. The Kier molecular flexibility index (Phi) is 5.18. The van der Waals surface area contributed by atoms with Crippen molar-refractivity contribution in [1.29, 1.82) is 0 Å². The largest absolute Gasteiger partial charge is 0.491 e.